The molecule has 23 heavy (non-hydrogen) atoms. The lowest BCUT2D eigenvalue weighted by Gasteiger charge is -2.28. The molecule has 0 unspecified atom stereocenters. The summed E-state index contributed by atoms with van der Waals surface area (Å²) < 4.78 is 5.35. The van der Waals surface area contributed by atoms with Crippen molar-refractivity contribution >= 4 is 17.4 Å². The van der Waals surface area contributed by atoms with Gasteiger partial charge in [-0.05, 0) is 44.2 Å². The van der Waals surface area contributed by atoms with Crippen molar-refractivity contribution in [2.45, 2.75) is 38.0 Å². The van der Waals surface area contributed by atoms with Crippen molar-refractivity contribution in [2.24, 2.45) is 0 Å². The minimum Gasteiger partial charge on any atom is -0.447 e. The number of piperidine rings is 1. The van der Waals surface area contributed by atoms with Crippen LogP contribution in [0.1, 0.15) is 54.3 Å². The van der Waals surface area contributed by atoms with Crippen molar-refractivity contribution in [3.63, 3.8) is 0 Å². The van der Waals surface area contributed by atoms with Crippen molar-refractivity contribution in [3.05, 3.63) is 36.2 Å². The molecule has 1 amide bonds. The highest BCUT2D eigenvalue weighted by atomic mass is 16.3. The quantitative estimate of drug-likeness (QED) is 0.938. The Balaban J connectivity index is 1.44. The molecule has 3 heterocycles. The number of anilines is 2. The van der Waals surface area contributed by atoms with Gasteiger partial charge in [-0.2, -0.15) is 0 Å². The lowest BCUT2D eigenvalue weighted by molar-refractivity contribution is 0.102. The maximum atomic E-state index is 12.3. The number of amides is 1. The number of hydrogen-bond donors (Lipinski definition) is 1. The van der Waals surface area contributed by atoms with E-state index in [0.29, 0.717) is 23.2 Å². The van der Waals surface area contributed by atoms with E-state index < -0.39 is 0 Å². The number of hydrogen-bond acceptors (Lipinski definition) is 5. The molecule has 6 heteroatoms. The van der Waals surface area contributed by atoms with Crippen molar-refractivity contribution in [1.82, 2.24) is 9.97 Å². The number of nitrogens with zero attached hydrogens (tertiary/aromatic N) is 3. The zero-order valence-corrected chi connectivity index (χ0v) is 13.0. The van der Waals surface area contributed by atoms with Gasteiger partial charge < -0.3 is 14.6 Å². The molecule has 1 saturated carbocycles. The molecule has 1 saturated heterocycles. The maximum absolute atomic E-state index is 12.3. The average Bonchev–Trinajstić information content (AvgIpc) is 3.33. The Hall–Kier alpha value is -2.37. The van der Waals surface area contributed by atoms with Gasteiger partial charge in [-0.25, -0.2) is 9.97 Å². The molecular formula is C17H20N4O2. The van der Waals surface area contributed by atoms with E-state index in [0.717, 1.165) is 31.6 Å². The molecule has 0 aromatic carbocycles. The Kier molecular flexibility index (Phi) is 3.73. The van der Waals surface area contributed by atoms with Gasteiger partial charge in [0.2, 0.25) is 0 Å². The van der Waals surface area contributed by atoms with Crippen LogP contribution in [0.3, 0.4) is 0 Å². The lowest BCUT2D eigenvalue weighted by atomic mass is 10.1. The molecule has 2 fully saturated rings. The van der Waals surface area contributed by atoms with Gasteiger partial charge in [0.25, 0.3) is 5.91 Å². The number of oxazole rings is 1. The summed E-state index contributed by atoms with van der Waals surface area (Å²) in [7, 11) is 0. The van der Waals surface area contributed by atoms with E-state index in [1.807, 2.05) is 18.3 Å². The molecule has 0 bridgehead atoms. The molecule has 120 valence electrons. The summed E-state index contributed by atoms with van der Waals surface area (Å²) in [5.41, 5.74) is 1.50. The molecule has 1 N–H and O–H groups in total. The van der Waals surface area contributed by atoms with E-state index in [9.17, 15) is 4.79 Å². The average molecular weight is 312 g/mol. The molecule has 2 aromatic rings. The molecule has 0 spiro atoms. The third-order valence-corrected chi connectivity index (χ3v) is 4.47. The number of carbonyl (C=O) groups is 1. The second-order valence-electron chi connectivity index (χ2n) is 6.24. The second-order valence-corrected chi connectivity index (χ2v) is 6.24. The summed E-state index contributed by atoms with van der Waals surface area (Å²) in [6, 6.07) is 3.86. The highest BCUT2D eigenvalue weighted by Crippen LogP contribution is 2.41. The second kappa shape index (κ2) is 6.02. The van der Waals surface area contributed by atoms with Gasteiger partial charge in [0.15, 0.2) is 12.1 Å². The molecule has 6 nitrogen and oxygen atoms in total. The van der Waals surface area contributed by atoms with Crippen molar-refractivity contribution in [1.29, 1.82) is 0 Å². The minimum atomic E-state index is -0.251. The SMILES string of the molecule is O=C(Nc1ccc(N2CCCCC2)cn1)c1ncoc1C1CC1. The summed E-state index contributed by atoms with van der Waals surface area (Å²) in [4.78, 5) is 23.1. The molecule has 4 rings (SSSR count). The van der Waals surface area contributed by atoms with Crippen LogP contribution < -0.4 is 10.2 Å². The third-order valence-electron chi connectivity index (χ3n) is 4.47. The molecule has 1 aliphatic carbocycles. The van der Waals surface area contributed by atoms with Gasteiger partial charge in [0.05, 0.1) is 11.9 Å². The maximum Gasteiger partial charge on any atom is 0.279 e. The van der Waals surface area contributed by atoms with Gasteiger partial charge in [0, 0.05) is 19.0 Å². The molecular weight excluding hydrogens is 292 g/mol. The summed E-state index contributed by atoms with van der Waals surface area (Å²) in [6.07, 6.45) is 9.07. The van der Waals surface area contributed by atoms with Crippen molar-refractivity contribution < 1.29 is 9.21 Å². The van der Waals surface area contributed by atoms with Crippen LogP contribution >= 0.6 is 0 Å². The number of pyridine rings is 1. The standard InChI is InChI=1S/C17H20N4O2/c22-17(15-16(12-4-5-12)23-11-19-15)20-14-7-6-13(10-18-14)21-8-2-1-3-9-21/h6-7,10-12H,1-5,8-9H2,(H,18,20,22). The van der Waals surface area contributed by atoms with Gasteiger partial charge in [0.1, 0.15) is 11.6 Å². The Morgan fingerprint density at radius 2 is 2.00 bits per heavy atom. The van der Waals surface area contributed by atoms with E-state index >= 15 is 0 Å². The lowest BCUT2D eigenvalue weighted by Crippen LogP contribution is -2.29. The topological polar surface area (TPSA) is 71.3 Å². The van der Waals surface area contributed by atoms with Crippen LogP contribution in [0.2, 0.25) is 0 Å². The van der Waals surface area contributed by atoms with Crippen LogP contribution in [-0.4, -0.2) is 29.0 Å². The Labute approximate surface area is 134 Å². The van der Waals surface area contributed by atoms with Gasteiger partial charge >= 0.3 is 0 Å². The predicted octanol–water partition coefficient (Wildman–Crippen LogP) is 3.19. The number of carbonyl (C=O) groups excluding carboxylic acids is 1. The first-order chi connectivity index (χ1) is 11.3. The highest BCUT2D eigenvalue weighted by Gasteiger charge is 2.32. The summed E-state index contributed by atoms with van der Waals surface area (Å²) in [5, 5.41) is 2.81. The number of nitrogens with one attached hydrogen (secondary N) is 1. The zero-order chi connectivity index (χ0) is 15.6. The summed E-state index contributed by atoms with van der Waals surface area (Å²) in [6.45, 7) is 2.16. The van der Waals surface area contributed by atoms with E-state index in [4.69, 9.17) is 4.42 Å². The monoisotopic (exact) mass is 312 g/mol. The summed E-state index contributed by atoms with van der Waals surface area (Å²) in [5.74, 6) is 1.35. The summed E-state index contributed by atoms with van der Waals surface area (Å²) >= 11 is 0. The first-order valence-corrected chi connectivity index (χ1v) is 8.27. The predicted molar refractivity (Wildman–Crippen MR) is 86.7 cm³/mol. The van der Waals surface area contributed by atoms with Crippen LogP contribution in [0.4, 0.5) is 11.5 Å². The van der Waals surface area contributed by atoms with Gasteiger partial charge in [-0.15, -0.1) is 0 Å². The number of aromatic nitrogens is 2. The third kappa shape index (κ3) is 3.06. The smallest absolute Gasteiger partial charge is 0.279 e. The Morgan fingerprint density at radius 3 is 2.70 bits per heavy atom. The van der Waals surface area contributed by atoms with Crippen LogP contribution in [0.15, 0.2) is 29.1 Å². The molecule has 2 aromatic heterocycles. The van der Waals surface area contributed by atoms with Gasteiger partial charge in [-0.1, -0.05) is 0 Å². The van der Waals surface area contributed by atoms with Gasteiger partial charge in [-0.3, -0.25) is 4.79 Å². The van der Waals surface area contributed by atoms with Crippen molar-refractivity contribution in [2.75, 3.05) is 23.3 Å². The van der Waals surface area contributed by atoms with Crippen molar-refractivity contribution in [3.8, 4) is 0 Å². The van der Waals surface area contributed by atoms with E-state index in [-0.39, 0.29) is 5.91 Å². The molecule has 0 atom stereocenters. The molecule has 0 radical (unpaired) electrons. The van der Waals surface area contributed by atoms with E-state index in [1.54, 1.807) is 0 Å². The van der Waals surface area contributed by atoms with E-state index in [1.165, 1.54) is 25.7 Å². The number of rotatable bonds is 4. The Morgan fingerprint density at radius 1 is 1.17 bits per heavy atom. The highest BCUT2D eigenvalue weighted by molar-refractivity contribution is 6.03. The Bertz CT molecular complexity index is 685. The zero-order valence-electron chi connectivity index (χ0n) is 13.0. The fourth-order valence-electron chi connectivity index (χ4n) is 3.04. The first-order valence-electron chi connectivity index (χ1n) is 8.27. The first kappa shape index (κ1) is 14.2. The normalized spacial score (nSPS) is 18.0. The largest absolute Gasteiger partial charge is 0.447 e. The fourth-order valence-corrected chi connectivity index (χ4v) is 3.04. The molecule has 2 aliphatic rings. The van der Waals surface area contributed by atoms with Crippen LogP contribution in [-0.2, 0) is 0 Å². The van der Waals surface area contributed by atoms with E-state index in [2.05, 4.69) is 20.2 Å². The minimum absolute atomic E-state index is 0.251. The van der Waals surface area contributed by atoms with Crippen LogP contribution in [0.5, 0.6) is 0 Å². The van der Waals surface area contributed by atoms with Crippen LogP contribution in [0, 0.1) is 0 Å². The fraction of sp³-hybridized carbons (Fsp3) is 0.471. The molecule has 1 aliphatic heterocycles. The van der Waals surface area contributed by atoms with Crippen LogP contribution in [0.25, 0.3) is 0 Å².